The maximum atomic E-state index is 10.4. The molecule has 0 amide bonds. The molecule has 0 radical (unpaired) electrons. The van der Waals surface area contributed by atoms with Crippen molar-refractivity contribution in [2.45, 2.75) is 19.8 Å². The molecule has 1 N–H and O–H groups in total. The summed E-state index contributed by atoms with van der Waals surface area (Å²) in [5.74, 6) is -0.0985. The number of carbonyl (C=O) groups is 1. The van der Waals surface area contributed by atoms with Crippen molar-refractivity contribution in [2.75, 3.05) is 7.11 Å². The third-order valence-corrected chi connectivity index (χ3v) is 2.77. The summed E-state index contributed by atoms with van der Waals surface area (Å²) in [6.45, 7) is 1.85. The lowest BCUT2D eigenvalue weighted by Gasteiger charge is -2.10. The molecule has 4 heteroatoms. The molecule has 0 fully saturated rings. The normalized spacial score (nSPS) is 10.1. The first-order valence-electron chi connectivity index (χ1n) is 4.60. The van der Waals surface area contributed by atoms with Crippen LogP contribution in [0.3, 0.4) is 0 Å². The minimum atomic E-state index is -0.820. The summed E-state index contributed by atoms with van der Waals surface area (Å²) in [4.78, 5) is 10.4. The summed E-state index contributed by atoms with van der Waals surface area (Å²) in [5, 5.41) is 9.16. The van der Waals surface area contributed by atoms with E-state index in [1.807, 2.05) is 6.92 Å². The predicted molar refractivity (Wildman–Crippen MR) is 58.7 cm³/mol. The Morgan fingerprint density at radius 3 is 2.73 bits per heavy atom. The number of carboxylic acids is 1. The van der Waals surface area contributed by atoms with Gasteiger partial charge in [0.15, 0.2) is 0 Å². The molecule has 1 aromatic rings. The van der Waals surface area contributed by atoms with E-state index in [2.05, 4.69) is 0 Å². The van der Waals surface area contributed by atoms with Gasteiger partial charge in [0.05, 0.1) is 12.1 Å². The Morgan fingerprint density at radius 2 is 2.20 bits per heavy atom. The van der Waals surface area contributed by atoms with Crippen LogP contribution in [-0.4, -0.2) is 18.2 Å². The Labute approximate surface area is 93.6 Å². The van der Waals surface area contributed by atoms with E-state index >= 15 is 0 Å². The monoisotopic (exact) mass is 228 g/mol. The molecule has 1 aromatic carbocycles. The molecular weight excluding hydrogens is 216 g/mol. The number of aliphatic carboxylic acids is 1. The highest BCUT2D eigenvalue weighted by Gasteiger charge is 2.09. The van der Waals surface area contributed by atoms with Crippen LogP contribution in [0.15, 0.2) is 12.1 Å². The van der Waals surface area contributed by atoms with Crippen molar-refractivity contribution < 1.29 is 14.6 Å². The highest BCUT2D eigenvalue weighted by molar-refractivity contribution is 6.32. The van der Waals surface area contributed by atoms with Crippen molar-refractivity contribution >= 4 is 17.6 Å². The fourth-order valence-corrected chi connectivity index (χ4v) is 1.63. The number of hydrogen-bond acceptors (Lipinski definition) is 2. The first kappa shape index (κ1) is 11.9. The van der Waals surface area contributed by atoms with Gasteiger partial charge in [-0.3, -0.25) is 4.79 Å². The van der Waals surface area contributed by atoms with Gasteiger partial charge in [-0.2, -0.15) is 0 Å². The summed E-state index contributed by atoms with van der Waals surface area (Å²) in [6.07, 6.45) is 0.532. The van der Waals surface area contributed by atoms with Crippen molar-refractivity contribution in [2.24, 2.45) is 0 Å². The largest absolute Gasteiger partial charge is 0.496 e. The summed E-state index contributed by atoms with van der Waals surface area (Å²) >= 11 is 6.09. The van der Waals surface area contributed by atoms with Gasteiger partial charge in [0.2, 0.25) is 0 Å². The number of rotatable bonds is 4. The Morgan fingerprint density at radius 1 is 1.53 bits per heavy atom. The first-order chi connectivity index (χ1) is 7.06. The van der Waals surface area contributed by atoms with Crippen LogP contribution in [0.25, 0.3) is 0 Å². The van der Waals surface area contributed by atoms with Crippen molar-refractivity contribution in [1.82, 2.24) is 0 Å². The average molecular weight is 229 g/mol. The minimum absolute atomic E-state index is 0.0888. The predicted octanol–water partition coefficient (Wildman–Crippen LogP) is 2.67. The van der Waals surface area contributed by atoms with Crippen LogP contribution in [-0.2, 0) is 11.2 Å². The zero-order valence-electron chi connectivity index (χ0n) is 8.71. The molecule has 0 aliphatic carbocycles. The van der Waals surface area contributed by atoms with Crippen LogP contribution >= 0.6 is 11.6 Å². The van der Waals surface area contributed by atoms with Gasteiger partial charge in [-0.25, -0.2) is 0 Å². The molecule has 0 saturated heterocycles. The molecule has 0 aromatic heterocycles. The second-order valence-electron chi connectivity index (χ2n) is 3.26. The summed E-state index contributed by atoms with van der Waals surface area (Å²) in [7, 11) is 1.58. The Hall–Kier alpha value is -1.22. The average Bonchev–Trinajstić information content (AvgIpc) is 2.20. The summed E-state index contributed by atoms with van der Waals surface area (Å²) in [6, 6.07) is 3.61. The molecule has 0 spiro atoms. The van der Waals surface area contributed by atoms with E-state index in [0.717, 1.165) is 16.9 Å². The SMILES string of the molecule is COc1ccc(CCC(=O)O)c(Cl)c1C. The van der Waals surface area contributed by atoms with Crippen LogP contribution in [0.5, 0.6) is 5.75 Å². The van der Waals surface area contributed by atoms with Crippen LogP contribution in [0.4, 0.5) is 0 Å². The van der Waals surface area contributed by atoms with Gasteiger partial charge in [-0.15, -0.1) is 0 Å². The highest BCUT2D eigenvalue weighted by atomic mass is 35.5. The number of hydrogen-bond donors (Lipinski definition) is 1. The summed E-state index contributed by atoms with van der Waals surface area (Å²) in [5.41, 5.74) is 1.69. The van der Waals surface area contributed by atoms with E-state index in [1.165, 1.54) is 0 Å². The lowest BCUT2D eigenvalue weighted by atomic mass is 10.1. The van der Waals surface area contributed by atoms with Crippen LogP contribution in [0.1, 0.15) is 17.5 Å². The van der Waals surface area contributed by atoms with Crippen LogP contribution in [0, 0.1) is 6.92 Å². The maximum Gasteiger partial charge on any atom is 0.303 e. The lowest BCUT2D eigenvalue weighted by Crippen LogP contribution is -1.99. The molecule has 0 unspecified atom stereocenters. The molecule has 0 bridgehead atoms. The van der Waals surface area contributed by atoms with E-state index in [4.69, 9.17) is 21.4 Å². The fourth-order valence-electron chi connectivity index (χ4n) is 1.38. The molecule has 82 valence electrons. The fraction of sp³-hybridized carbons (Fsp3) is 0.364. The third-order valence-electron chi connectivity index (χ3n) is 2.24. The van der Waals surface area contributed by atoms with E-state index in [-0.39, 0.29) is 6.42 Å². The number of halogens is 1. The zero-order valence-corrected chi connectivity index (χ0v) is 9.47. The second-order valence-corrected chi connectivity index (χ2v) is 3.64. The van der Waals surface area contributed by atoms with Gasteiger partial charge < -0.3 is 9.84 Å². The molecule has 3 nitrogen and oxygen atoms in total. The van der Waals surface area contributed by atoms with E-state index in [9.17, 15) is 4.79 Å². The van der Waals surface area contributed by atoms with E-state index < -0.39 is 5.97 Å². The van der Waals surface area contributed by atoms with Gasteiger partial charge in [0, 0.05) is 12.0 Å². The topological polar surface area (TPSA) is 46.5 Å². The van der Waals surface area contributed by atoms with Gasteiger partial charge in [-0.05, 0) is 25.0 Å². The first-order valence-corrected chi connectivity index (χ1v) is 4.97. The van der Waals surface area contributed by atoms with Gasteiger partial charge in [0.1, 0.15) is 5.75 Å². The van der Waals surface area contributed by atoms with Gasteiger partial charge in [0.25, 0.3) is 0 Å². The van der Waals surface area contributed by atoms with Gasteiger partial charge >= 0.3 is 5.97 Å². The van der Waals surface area contributed by atoms with Crippen molar-refractivity contribution in [3.8, 4) is 5.75 Å². The van der Waals surface area contributed by atoms with E-state index in [1.54, 1.807) is 19.2 Å². The van der Waals surface area contributed by atoms with Crippen molar-refractivity contribution in [3.05, 3.63) is 28.3 Å². The van der Waals surface area contributed by atoms with Crippen molar-refractivity contribution in [1.29, 1.82) is 0 Å². The number of methoxy groups -OCH3 is 1. The smallest absolute Gasteiger partial charge is 0.303 e. The molecule has 0 aliphatic heterocycles. The zero-order chi connectivity index (χ0) is 11.4. The molecule has 0 aliphatic rings. The number of carboxylic acid groups (broad SMARTS) is 1. The maximum absolute atomic E-state index is 10.4. The molecule has 1 rings (SSSR count). The van der Waals surface area contributed by atoms with E-state index in [0.29, 0.717) is 11.4 Å². The number of aryl methyl sites for hydroxylation is 1. The van der Waals surface area contributed by atoms with Crippen molar-refractivity contribution in [3.63, 3.8) is 0 Å². The highest BCUT2D eigenvalue weighted by Crippen LogP contribution is 2.29. The lowest BCUT2D eigenvalue weighted by molar-refractivity contribution is -0.136. The Kier molecular flexibility index (Phi) is 3.97. The second kappa shape index (κ2) is 5.03. The van der Waals surface area contributed by atoms with Crippen LogP contribution in [0.2, 0.25) is 5.02 Å². The Balaban J connectivity index is 2.91. The third kappa shape index (κ3) is 2.86. The molecule has 0 atom stereocenters. The molecular formula is C11H13ClO3. The molecule has 15 heavy (non-hydrogen) atoms. The molecule has 0 saturated carbocycles. The molecule has 0 heterocycles. The quantitative estimate of drug-likeness (QED) is 0.862. The minimum Gasteiger partial charge on any atom is -0.496 e. The number of ether oxygens (including phenoxy) is 1. The standard InChI is InChI=1S/C11H13ClO3/c1-7-9(15-2)5-3-8(11(7)12)4-6-10(13)14/h3,5H,4,6H2,1-2H3,(H,13,14). The van der Waals surface area contributed by atoms with Gasteiger partial charge in [-0.1, -0.05) is 17.7 Å². The number of benzene rings is 1. The Bertz CT molecular complexity index is 374. The van der Waals surface area contributed by atoms with Crippen LogP contribution < -0.4 is 4.74 Å². The summed E-state index contributed by atoms with van der Waals surface area (Å²) < 4.78 is 5.11.